The lowest BCUT2D eigenvalue weighted by Crippen LogP contribution is -2.20. The molecular formula is C11H23NS. The maximum absolute atomic E-state index is 3.38. The molecule has 0 aromatic carbocycles. The molecule has 1 N–H and O–H groups in total. The van der Waals surface area contributed by atoms with E-state index in [1.54, 1.807) is 0 Å². The summed E-state index contributed by atoms with van der Waals surface area (Å²) in [5.41, 5.74) is 0. The van der Waals surface area contributed by atoms with E-state index in [9.17, 15) is 0 Å². The Morgan fingerprint density at radius 2 is 2.23 bits per heavy atom. The van der Waals surface area contributed by atoms with Crippen molar-refractivity contribution in [2.75, 3.05) is 18.8 Å². The molecule has 0 aromatic rings. The molecule has 78 valence electrons. The highest BCUT2D eigenvalue weighted by Crippen LogP contribution is 2.31. The van der Waals surface area contributed by atoms with Gasteiger partial charge in [0.1, 0.15) is 0 Å². The van der Waals surface area contributed by atoms with Crippen LogP contribution >= 0.6 is 11.8 Å². The third-order valence-corrected chi connectivity index (χ3v) is 4.11. The summed E-state index contributed by atoms with van der Waals surface area (Å²) in [6, 6.07) is 0. The summed E-state index contributed by atoms with van der Waals surface area (Å²) in [5, 5.41) is 4.34. The Bertz CT molecular complexity index is 127. The molecule has 1 aliphatic rings. The molecular weight excluding hydrogens is 178 g/mol. The molecule has 1 fully saturated rings. The number of hydrogen-bond acceptors (Lipinski definition) is 2. The van der Waals surface area contributed by atoms with Crippen molar-refractivity contribution >= 4 is 11.8 Å². The summed E-state index contributed by atoms with van der Waals surface area (Å²) in [5.74, 6) is 2.27. The van der Waals surface area contributed by atoms with Crippen LogP contribution in [0.15, 0.2) is 0 Å². The molecule has 0 aromatic heterocycles. The molecule has 2 unspecified atom stereocenters. The number of nitrogens with one attached hydrogen (secondary N) is 1. The smallest absolute Gasteiger partial charge is 0.00608 e. The van der Waals surface area contributed by atoms with Crippen LogP contribution in [0.5, 0.6) is 0 Å². The first-order valence-electron chi connectivity index (χ1n) is 5.65. The zero-order valence-electron chi connectivity index (χ0n) is 9.01. The molecule has 0 amide bonds. The second-order valence-corrected chi connectivity index (χ2v) is 5.53. The lowest BCUT2D eigenvalue weighted by molar-refractivity contribution is 0.394. The van der Waals surface area contributed by atoms with Crippen molar-refractivity contribution in [2.45, 2.75) is 44.8 Å². The van der Waals surface area contributed by atoms with Crippen LogP contribution in [0.1, 0.15) is 39.5 Å². The van der Waals surface area contributed by atoms with Gasteiger partial charge >= 0.3 is 0 Å². The van der Waals surface area contributed by atoms with Crippen LogP contribution in [0.25, 0.3) is 0 Å². The van der Waals surface area contributed by atoms with Crippen molar-refractivity contribution in [3.63, 3.8) is 0 Å². The Balaban J connectivity index is 2.00. The number of rotatable bonds is 5. The molecule has 1 rings (SSSR count). The first-order chi connectivity index (χ1) is 6.33. The Morgan fingerprint density at radius 1 is 1.38 bits per heavy atom. The van der Waals surface area contributed by atoms with Crippen LogP contribution in [0.4, 0.5) is 0 Å². The molecule has 13 heavy (non-hydrogen) atoms. The van der Waals surface area contributed by atoms with E-state index in [1.165, 1.54) is 38.0 Å². The molecule has 1 aliphatic carbocycles. The van der Waals surface area contributed by atoms with Gasteiger partial charge in [-0.3, -0.25) is 0 Å². The zero-order valence-corrected chi connectivity index (χ0v) is 9.83. The second-order valence-electron chi connectivity index (χ2n) is 4.12. The minimum Gasteiger partial charge on any atom is -0.316 e. The van der Waals surface area contributed by atoms with Crippen molar-refractivity contribution in [3.8, 4) is 0 Å². The van der Waals surface area contributed by atoms with E-state index in [0.717, 1.165) is 17.7 Å². The van der Waals surface area contributed by atoms with E-state index in [1.807, 2.05) is 0 Å². The highest BCUT2D eigenvalue weighted by molar-refractivity contribution is 7.99. The standard InChI is InChI=1S/C11H23NS/c1-3-12-7-8-13-11-6-4-5-10(2)9-11/h10-12H,3-9H2,1-2H3. The van der Waals surface area contributed by atoms with Crippen LogP contribution in [0.2, 0.25) is 0 Å². The van der Waals surface area contributed by atoms with Gasteiger partial charge in [-0.1, -0.05) is 26.7 Å². The van der Waals surface area contributed by atoms with Gasteiger partial charge in [0, 0.05) is 17.5 Å². The second kappa shape index (κ2) is 6.72. The van der Waals surface area contributed by atoms with Crippen molar-refractivity contribution in [1.29, 1.82) is 0 Å². The average molecular weight is 201 g/mol. The van der Waals surface area contributed by atoms with E-state index in [2.05, 4.69) is 30.9 Å². The van der Waals surface area contributed by atoms with Gasteiger partial charge in [-0.25, -0.2) is 0 Å². The summed E-state index contributed by atoms with van der Waals surface area (Å²) < 4.78 is 0. The third-order valence-electron chi connectivity index (χ3n) is 2.77. The summed E-state index contributed by atoms with van der Waals surface area (Å²) >= 11 is 2.18. The molecule has 1 nitrogen and oxygen atoms in total. The van der Waals surface area contributed by atoms with E-state index in [0.29, 0.717) is 0 Å². The van der Waals surface area contributed by atoms with Gasteiger partial charge in [0.25, 0.3) is 0 Å². The van der Waals surface area contributed by atoms with Crippen molar-refractivity contribution in [1.82, 2.24) is 5.32 Å². The van der Waals surface area contributed by atoms with Crippen molar-refractivity contribution in [3.05, 3.63) is 0 Å². The fourth-order valence-corrected chi connectivity index (χ4v) is 3.40. The molecule has 0 saturated heterocycles. The topological polar surface area (TPSA) is 12.0 Å². The SMILES string of the molecule is CCNCCSC1CCCC(C)C1. The van der Waals surface area contributed by atoms with E-state index < -0.39 is 0 Å². The van der Waals surface area contributed by atoms with E-state index in [-0.39, 0.29) is 0 Å². The molecule has 0 aliphatic heterocycles. The summed E-state index contributed by atoms with van der Waals surface area (Å²) in [6.07, 6.45) is 5.84. The van der Waals surface area contributed by atoms with Crippen LogP contribution in [0, 0.1) is 5.92 Å². The van der Waals surface area contributed by atoms with Gasteiger partial charge in [0.2, 0.25) is 0 Å². The average Bonchev–Trinajstić information content (AvgIpc) is 2.13. The van der Waals surface area contributed by atoms with Crippen LogP contribution in [-0.4, -0.2) is 24.1 Å². The Labute approximate surface area is 87.1 Å². The first-order valence-corrected chi connectivity index (χ1v) is 6.70. The molecule has 2 heteroatoms. The van der Waals surface area contributed by atoms with Crippen LogP contribution in [0.3, 0.4) is 0 Å². The number of hydrogen-bond donors (Lipinski definition) is 1. The molecule has 0 heterocycles. The molecule has 0 bridgehead atoms. The zero-order chi connectivity index (χ0) is 9.52. The maximum Gasteiger partial charge on any atom is 0.00608 e. The van der Waals surface area contributed by atoms with Gasteiger partial charge < -0.3 is 5.32 Å². The highest BCUT2D eigenvalue weighted by Gasteiger charge is 2.18. The summed E-state index contributed by atoms with van der Waals surface area (Å²) in [4.78, 5) is 0. The van der Waals surface area contributed by atoms with Crippen molar-refractivity contribution < 1.29 is 0 Å². The normalized spacial score (nSPS) is 29.1. The third kappa shape index (κ3) is 4.92. The lowest BCUT2D eigenvalue weighted by Gasteiger charge is -2.26. The van der Waals surface area contributed by atoms with Gasteiger partial charge in [-0.05, 0) is 25.3 Å². The summed E-state index contributed by atoms with van der Waals surface area (Å²) in [6.45, 7) is 6.87. The highest BCUT2D eigenvalue weighted by atomic mass is 32.2. The van der Waals surface area contributed by atoms with Crippen molar-refractivity contribution in [2.24, 2.45) is 5.92 Å². The Morgan fingerprint density at radius 3 is 2.92 bits per heavy atom. The van der Waals surface area contributed by atoms with Gasteiger partial charge in [-0.2, -0.15) is 11.8 Å². The van der Waals surface area contributed by atoms with Gasteiger partial charge in [0.05, 0.1) is 0 Å². The van der Waals surface area contributed by atoms with Gasteiger partial charge in [-0.15, -0.1) is 0 Å². The fraction of sp³-hybridized carbons (Fsp3) is 1.00. The predicted octanol–water partition coefficient (Wildman–Crippen LogP) is 2.91. The molecule has 0 radical (unpaired) electrons. The Hall–Kier alpha value is 0.310. The fourth-order valence-electron chi connectivity index (χ4n) is 2.00. The number of thioether (sulfide) groups is 1. The predicted molar refractivity (Wildman–Crippen MR) is 62.4 cm³/mol. The quantitative estimate of drug-likeness (QED) is 0.686. The minimum atomic E-state index is 0.961. The van der Waals surface area contributed by atoms with E-state index >= 15 is 0 Å². The maximum atomic E-state index is 3.38. The molecule has 1 saturated carbocycles. The molecule has 2 atom stereocenters. The Kier molecular flexibility index (Phi) is 5.88. The molecule has 0 spiro atoms. The summed E-state index contributed by atoms with van der Waals surface area (Å²) in [7, 11) is 0. The first kappa shape index (κ1) is 11.4. The monoisotopic (exact) mass is 201 g/mol. The lowest BCUT2D eigenvalue weighted by atomic mass is 9.91. The van der Waals surface area contributed by atoms with Gasteiger partial charge in [0.15, 0.2) is 0 Å². The van der Waals surface area contributed by atoms with Crippen LogP contribution in [-0.2, 0) is 0 Å². The van der Waals surface area contributed by atoms with E-state index in [4.69, 9.17) is 0 Å². The van der Waals surface area contributed by atoms with Crippen LogP contribution < -0.4 is 5.32 Å². The largest absolute Gasteiger partial charge is 0.316 e. The minimum absolute atomic E-state index is 0.961.